The van der Waals surface area contributed by atoms with Gasteiger partial charge in [-0.1, -0.05) is 36.4 Å². The van der Waals surface area contributed by atoms with Gasteiger partial charge in [-0.3, -0.25) is 4.99 Å². The molecule has 0 amide bonds. The number of alkyl halides is 3. The summed E-state index contributed by atoms with van der Waals surface area (Å²) in [6.07, 6.45) is -2.16. The summed E-state index contributed by atoms with van der Waals surface area (Å²) in [6.45, 7) is 3.16. The number of hydrogen-bond acceptors (Lipinski definition) is 3. The maximum Gasteiger partial charge on any atom is 0.416 e. The molecule has 1 aliphatic rings. The summed E-state index contributed by atoms with van der Waals surface area (Å²) in [4.78, 5) is 6.15. The molecule has 0 unspecified atom stereocenters. The number of halogens is 4. The number of nitrogens with one attached hydrogen (secondary N) is 1. The topological polar surface area (TPSA) is 46.1 Å². The Morgan fingerprint density at radius 2 is 1.61 bits per heavy atom. The number of aliphatic imine (C=N–C) groups is 1. The van der Waals surface area contributed by atoms with Crippen LogP contribution in [-0.4, -0.2) is 44.3 Å². The predicted octanol–water partition coefficient (Wildman–Crippen LogP) is 5.23. The Hall–Kier alpha value is -1.85. The molecule has 0 atom stereocenters. The smallest absolute Gasteiger partial charge is 0.381 e. The summed E-state index contributed by atoms with van der Waals surface area (Å²) < 4.78 is 49.5. The molecule has 3 rings (SSSR count). The molecule has 1 heterocycles. The number of benzene rings is 2. The van der Waals surface area contributed by atoms with Gasteiger partial charge < -0.3 is 19.7 Å². The SMILES string of the molecule is CN=C(NCc1ccc(COC2CCOCC2)cc1)N(C)Cc1ccc(C(F)(F)F)cc1.I. The van der Waals surface area contributed by atoms with E-state index in [1.807, 2.05) is 11.9 Å². The minimum atomic E-state index is -4.32. The second-order valence-electron chi connectivity index (χ2n) is 7.89. The van der Waals surface area contributed by atoms with E-state index in [0.29, 0.717) is 25.7 Å². The standard InChI is InChI=1S/C24H30F3N3O2.HI/c1-28-23(30(2)16-19-7-9-21(10-8-19)24(25,26)27)29-15-18-3-5-20(6-4-18)17-32-22-11-13-31-14-12-22;/h3-10,22H,11-17H2,1-2H3,(H,28,29);1H. The van der Waals surface area contributed by atoms with Crippen LogP contribution in [0.4, 0.5) is 13.2 Å². The zero-order valence-electron chi connectivity index (χ0n) is 18.9. The molecule has 2 aromatic carbocycles. The molecular formula is C24H31F3IN3O2. The molecule has 0 saturated carbocycles. The Labute approximate surface area is 210 Å². The van der Waals surface area contributed by atoms with E-state index in [1.54, 1.807) is 7.05 Å². The van der Waals surface area contributed by atoms with Crippen LogP contribution in [0.25, 0.3) is 0 Å². The summed E-state index contributed by atoms with van der Waals surface area (Å²) in [6, 6.07) is 13.4. The Bertz CT molecular complexity index is 868. The highest BCUT2D eigenvalue weighted by atomic mass is 127. The second-order valence-corrected chi connectivity index (χ2v) is 7.89. The number of rotatable bonds is 7. The Kier molecular flexibility index (Phi) is 10.9. The van der Waals surface area contributed by atoms with Crippen LogP contribution < -0.4 is 5.32 Å². The molecule has 0 radical (unpaired) electrons. The normalized spacial score (nSPS) is 15.1. The van der Waals surface area contributed by atoms with Gasteiger partial charge in [-0.2, -0.15) is 13.2 Å². The van der Waals surface area contributed by atoms with Crippen LogP contribution in [0, 0.1) is 0 Å². The Balaban J connectivity index is 0.00000385. The average molecular weight is 577 g/mol. The molecule has 1 fully saturated rings. The van der Waals surface area contributed by atoms with E-state index in [4.69, 9.17) is 9.47 Å². The molecule has 0 aliphatic carbocycles. The van der Waals surface area contributed by atoms with Crippen LogP contribution in [0.5, 0.6) is 0 Å². The molecule has 0 spiro atoms. The molecule has 0 bridgehead atoms. The van der Waals surface area contributed by atoms with Gasteiger partial charge in [0.25, 0.3) is 0 Å². The maximum atomic E-state index is 12.7. The fourth-order valence-corrected chi connectivity index (χ4v) is 3.52. The first kappa shape index (κ1) is 27.4. The van der Waals surface area contributed by atoms with Gasteiger partial charge in [0, 0.05) is 40.4 Å². The summed E-state index contributed by atoms with van der Waals surface area (Å²) in [5.41, 5.74) is 2.36. The van der Waals surface area contributed by atoms with Crippen LogP contribution in [0.1, 0.15) is 35.1 Å². The largest absolute Gasteiger partial charge is 0.416 e. The second kappa shape index (κ2) is 13.1. The van der Waals surface area contributed by atoms with Crippen LogP contribution in [0.15, 0.2) is 53.5 Å². The molecular weight excluding hydrogens is 546 g/mol. The van der Waals surface area contributed by atoms with Crippen LogP contribution in [0.3, 0.4) is 0 Å². The minimum absolute atomic E-state index is 0. The van der Waals surface area contributed by atoms with Gasteiger partial charge in [0.1, 0.15) is 0 Å². The highest BCUT2D eigenvalue weighted by Gasteiger charge is 2.29. The van der Waals surface area contributed by atoms with Crippen LogP contribution >= 0.6 is 24.0 Å². The summed E-state index contributed by atoms with van der Waals surface area (Å²) in [7, 11) is 3.53. The van der Waals surface area contributed by atoms with E-state index in [9.17, 15) is 13.2 Å². The van der Waals surface area contributed by atoms with E-state index in [1.165, 1.54) is 12.1 Å². The third-order valence-corrected chi connectivity index (χ3v) is 5.40. The summed E-state index contributed by atoms with van der Waals surface area (Å²) >= 11 is 0. The first-order valence-corrected chi connectivity index (χ1v) is 10.7. The van der Waals surface area contributed by atoms with Crippen molar-refractivity contribution in [3.63, 3.8) is 0 Å². The molecule has 1 aliphatic heterocycles. The average Bonchev–Trinajstić information content (AvgIpc) is 2.79. The van der Waals surface area contributed by atoms with E-state index in [2.05, 4.69) is 34.6 Å². The van der Waals surface area contributed by atoms with Gasteiger partial charge in [-0.25, -0.2) is 0 Å². The van der Waals surface area contributed by atoms with Crippen molar-refractivity contribution in [1.29, 1.82) is 0 Å². The molecule has 0 aromatic heterocycles. The Morgan fingerprint density at radius 1 is 1.03 bits per heavy atom. The van der Waals surface area contributed by atoms with Gasteiger partial charge in [0.05, 0.1) is 18.3 Å². The minimum Gasteiger partial charge on any atom is -0.381 e. The number of guanidine groups is 1. The molecule has 1 saturated heterocycles. The first-order valence-electron chi connectivity index (χ1n) is 10.7. The monoisotopic (exact) mass is 577 g/mol. The lowest BCUT2D eigenvalue weighted by Gasteiger charge is -2.23. The third kappa shape index (κ3) is 8.78. The van der Waals surface area contributed by atoms with Crippen LogP contribution in [-0.2, 0) is 35.3 Å². The zero-order valence-corrected chi connectivity index (χ0v) is 21.2. The first-order chi connectivity index (χ1) is 15.3. The van der Waals surface area contributed by atoms with Gasteiger partial charge in [0.2, 0.25) is 0 Å². The van der Waals surface area contributed by atoms with E-state index < -0.39 is 11.7 Å². The van der Waals surface area contributed by atoms with Gasteiger partial charge >= 0.3 is 6.18 Å². The van der Waals surface area contributed by atoms with Crippen molar-refractivity contribution < 1.29 is 22.6 Å². The van der Waals surface area contributed by atoms with Crippen molar-refractivity contribution >= 4 is 29.9 Å². The predicted molar refractivity (Wildman–Crippen MR) is 134 cm³/mol. The van der Waals surface area contributed by atoms with E-state index >= 15 is 0 Å². The quantitative estimate of drug-likeness (QED) is 0.279. The molecule has 9 heteroatoms. The van der Waals surface area contributed by atoms with Crippen molar-refractivity contribution in [1.82, 2.24) is 10.2 Å². The molecule has 5 nitrogen and oxygen atoms in total. The van der Waals surface area contributed by atoms with E-state index in [0.717, 1.165) is 54.9 Å². The third-order valence-electron chi connectivity index (χ3n) is 5.40. The highest BCUT2D eigenvalue weighted by Crippen LogP contribution is 2.29. The lowest BCUT2D eigenvalue weighted by atomic mass is 10.1. The molecule has 1 N–H and O–H groups in total. The van der Waals surface area contributed by atoms with Gasteiger partial charge in [-0.05, 0) is 41.7 Å². The van der Waals surface area contributed by atoms with Gasteiger partial charge in [0.15, 0.2) is 5.96 Å². The van der Waals surface area contributed by atoms with Crippen molar-refractivity contribution in [3.8, 4) is 0 Å². The van der Waals surface area contributed by atoms with Gasteiger partial charge in [-0.15, -0.1) is 24.0 Å². The summed E-state index contributed by atoms with van der Waals surface area (Å²) in [5, 5.41) is 3.30. The zero-order chi connectivity index (χ0) is 23.0. The lowest BCUT2D eigenvalue weighted by Crippen LogP contribution is -2.38. The highest BCUT2D eigenvalue weighted by molar-refractivity contribution is 14.0. The van der Waals surface area contributed by atoms with E-state index in [-0.39, 0.29) is 30.1 Å². The maximum absolute atomic E-state index is 12.7. The summed E-state index contributed by atoms with van der Waals surface area (Å²) in [5.74, 6) is 0.664. The van der Waals surface area contributed by atoms with Crippen molar-refractivity contribution in [2.24, 2.45) is 4.99 Å². The number of ether oxygens (including phenoxy) is 2. The number of nitrogens with zero attached hydrogens (tertiary/aromatic N) is 2. The fraction of sp³-hybridized carbons (Fsp3) is 0.458. The van der Waals surface area contributed by atoms with Crippen LogP contribution in [0.2, 0.25) is 0 Å². The van der Waals surface area contributed by atoms with Crippen molar-refractivity contribution in [3.05, 3.63) is 70.8 Å². The molecule has 33 heavy (non-hydrogen) atoms. The fourth-order valence-electron chi connectivity index (χ4n) is 3.52. The van der Waals surface area contributed by atoms with Crippen molar-refractivity contribution in [2.75, 3.05) is 27.3 Å². The lowest BCUT2D eigenvalue weighted by molar-refractivity contribution is -0.137. The molecule has 2 aromatic rings. The van der Waals surface area contributed by atoms with Crippen molar-refractivity contribution in [2.45, 2.75) is 44.8 Å². The molecule has 182 valence electrons. The Morgan fingerprint density at radius 3 is 2.18 bits per heavy atom. The number of hydrogen-bond donors (Lipinski definition) is 1.